The molecule has 0 atom stereocenters. The Kier molecular flexibility index (Phi) is 3.78. The molecule has 1 aromatic heterocycles. The number of anilines is 1. The quantitative estimate of drug-likeness (QED) is 0.731. The minimum absolute atomic E-state index is 0.0444. The number of rotatable bonds is 4. The highest BCUT2D eigenvalue weighted by atomic mass is 16.1. The molecule has 3 aromatic rings. The minimum Gasteiger partial charge on any atom is -0.323 e. The molecule has 4 heteroatoms. The van der Waals surface area contributed by atoms with E-state index in [1.807, 2.05) is 88.5 Å². The molecule has 1 amide bonds. The number of carbonyl (C=O) groups is 1. The average molecular weight is 278 g/mol. The topological polar surface area (TPSA) is 37.9 Å². The zero-order valence-corrected chi connectivity index (χ0v) is 11.5. The number of nitrogens with zero attached hydrogens (tertiary/aromatic N) is 2. The molecule has 0 radical (unpaired) electrons. The third-order valence-electron chi connectivity index (χ3n) is 3.13. The van der Waals surface area contributed by atoms with Gasteiger partial charge in [0.25, 0.3) is 5.91 Å². The zero-order chi connectivity index (χ0) is 14.5. The Bertz CT molecular complexity index is 720. The molecule has 2 aromatic carbocycles. The Morgan fingerprint density at radius 1 is 1.00 bits per heavy atom. The summed E-state index contributed by atoms with van der Waals surface area (Å²) in [7, 11) is 0. The van der Waals surface area contributed by atoms with Gasteiger partial charge in [-0.25, -0.2) is 9.13 Å². The van der Waals surface area contributed by atoms with Crippen molar-refractivity contribution in [1.29, 1.82) is 0 Å². The summed E-state index contributed by atoms with van der Waals surface area (Å²) in [6.45, 7) is 0.286. The highest BCUT2D eigenvalue weighted by Crippen LogP contribution is 2.05. The molecule has 0 aliphatic heterocycles. The smallest absolute Gasteiger partial charge is 0.266 e. The second-order valence-electron chi connectivity index (χ2n) is 4.74. The van der Waals surface area contributed by atoms with E-state index < -0.39 is 0 Å². The van der Waals surface area contributed by atoms with E-state index in [1.165, 1.54) is 0 Å². The van der Waals surface area contributed by atoms with Gasteiger partial charge in [0.2, 0.25) is 6.33 Å². The minimum atomic E-state index is -0.0444. The molecule has 21 heavy (non-hydrogen) atoms. The predicted octanol–water partition coefficient (Wildman–Crippen LogP) is 2.40. The van der Waals surface area contributed by atoms with Crippen LogP contribution >= 0.6 is 0 Å². The van der Waals surface area contributed by atoms with E-state index in [2.05, 4.69) is 5.32 Å². The lowest BCUT2D eigenvalue weighted by atomic mass is 10.3. The summed E-state index contributed by atoms with van der Waals surface area (Å²) in [5, 5.41) is 2.87. The van der Waals surface area contributed by atoms with Crippen LogP contribution in [0.3, 0.4) is 0 Å². The lowest BCUT2D eigenvalue weighted by molar-refractivity contribution is -0.683. The number of benzene rings is 2. The SMILES string of the molecule is O=C(C[n+]1ccn(-c2ccccc2)c1)Nc1ccccc1. The highest BCUT2D eigenvalue weighted by Gasteiger charge is 2.10. The van der Waals surface area contributed by atoms with Crippen molar-refractivity contribution in [3.63, 3.8) is 0 Å². The summed E-state index contributed by atoms with van der Waals surface area (Å²) < 4.78 is 3.83. The monoisotopic (exact) mass is 278 g/mol. The van der Waals surface area contributed by atoms with Crippen LogP contribution in [0, 0.1) is 0 Å². The van der Waals surface area contributed by atoms with Crippen LogP contribution in [0.15, 0.2) is 79.4 Å². The summed E-state index contributed by atoms with van der Waals surface area (Å²) >= 11 is 0. The largest absolute Gasteiger partial charge is 0.323 e. The van der Waals surface area contributed by atoms with Crippen molar-refractivity contribution < 1.29 is 9.36 Å². The van der Waals surface area contributed by atoms with Crippen molar-refractivity contribution in [2.24, 2.45) is 0 Å². The Morgan fingerprint density at radius 3 is 2.38 bits per heavy atom. The zero-order valence-electron chi connectivity index (χ0n) is 11.5. The predicted molar refractivity (Wildman–Crippen MR) is 81.0 cm³/mol. The fraction of sp³-hybridized carbons (Fsp3) is 0.0588. The maximum Gasteiger partial charge on any atom is 0.266 e. The van der Waals surface area contributed by atoms with Crippen molar-refractivity contribution in [2.75, 3.05) is 5.32 Å². The maximum atomic E-state index is 12.0. The molecule has 0 aliphatic rings. The van der Waals surface area contributed by atoms with Crippen LogP contribution in [0.1, 0.15) is 0 Å². The van der Waals surface area contributed by atoms with E-state index in [-0.39, 0.29) is 12.5 Å². The molecule has 1 heterocycles. The first-order valence-corrected chi connectivity index (χ1v) is 6.79. The molecule has 0 saturated heterocycles. The highest BCUT2D eigenvalue weighted by molar-refractivity contribution is 5.89. The summed E-state index contributed by atoms with van der Waals surface area (Å²) in [6, 6.07) is 19.5. The van der Waals surface area contributed by atoms with Crippen LogP contribution in [-0.4, -0.2) is 10.5 Å². The van der Waals surface area contributed by atoms with E-state index in [0.717, 1.165) is 11.4 Å². The van der Waals surface area contributed by atoms with Gasteiger partial charge in [0, 0.05) is 5.69 Å². The third-order valence-corrected chi connectivity index (χ3v) is 3.13. The molecule has 0 spiro atoms. The van der Waals surface area contributed by atoms with Crippen LogP contribution < -0.4 is 9.88 Å². The number of para-hydroxylation sites is 2. The molecule has 0 saturated carbocycles. The third kappa shape index (κ3) is 3.36. The number of hydrogen-bond acceptors (Lipinski definition) is 1. The molecular weight excluding hydrogens is 262 g/mol. The molecule has 0 aliphatic carbocycles. The number of imidazole rings is 1. The molecule has 3 rings (SSSR count). The van der Waals surface area contributed by atoms with Crippen LogP contribution in [0.4, 0.5) is 5.69 Å². The number of hydrogen-bond donors (Lipinski definition) is 1. The van der Waals surface area contributed by atoms with Crippen molar-refractivity contribution in [1.82, 2.24) is 4.57 Å². The van der Waals surface area contributed by atoms with Gasteiger partial charge < -0.3 is 5.32 Å². The van der Waals surface area contributed by atoms with E-state index >= 15 is 0 Å². The van der Waals surface area contributed by atoms with Gasteiger partial charge in [-0.1, -0.05) is 36.4 Å². The van der Waals surface area contributed by atoms with Crippen molar-refractivity contribution >= 4 is 11.6 Å². The Balaban J connectivity index is 1.66. The van der Waals surface area contributed by atoms with Gasteiger partial charge in [0.1, 0.15) is 18.1 Å². The lowest BCUT2D eigenvalue weighted by Crippen LogP contribution is -2.38. The number of carbonyl (C=O) groups excluding carboxylic acids is 1. The normalized spacial score (nSPS) is 10.3. The molecule has 1 N–H and O–H groups in total. The van der Waals surface area contributed by atoms with E-state index in [9.17, 15) is 4.79 Å². The summed E-state index contributed by atoms with van der Waals surface area (Å²) in [6.07, 6.45) is 5.72. The fourth-order valence-corrected chi connectivity index (χ4v) is 2.13. The van der Waals surface area contributed by atoms with Gasteiger partial charge >= 0.3 is 0 Å². The first kappa shape index (κ1) is 13.1. The maximum absolute atomic E-state index is 12.0. The van der Waals surface area contributed by atoms with Gasteiger partial charge in [0.15, 0.2) is 6.54 Å². The molecule has 4 nitrogen and oxygen atoms in total. The Morgan fingerprint density at radius 2 is 1.67 bits per heavy atom. The Hall–Kier alpha value is -2.88. The van der Waals surface area contributed by atoms with E-state index in [4.69, 9.17) is 0 Å². The van der Waals surface area contributed by atoms with Crippen molar-refractivity contribution in [3.05, 3.63) is 79.4 Å². The number of nitrogens with one attached hydrogen (secondary N) is 1. The van der Waals surface area contributed by atoms with Crippen molar-refractivity contribution in [3.8, 4) is 5.69 Å². The van der Waals surface area contributed by atoms with Crippen LogP contribution in [-0.2, 0) is 11.3 Å². The first-order chi connectivity index (χ1) is 10.3. The lowest BCUT2D eigenvalue weighted by Gasteiger charge is -2.02. The van der Waals surface area contributed by atoms with Gasteiger partial charge in [0.05, 0.1) is 0 Å². The standard InChI is InChI=1S/C17H15N3O/c21-17(18-15-7-3-1-4-8-15)13-19-11-12-20(14-19)16-9-5-2-6-10-16/h1-12,14H,13H2/p+1. The summed E-state index contributed by atoms with van der Waals surface area (Å²) in [4.78, 5) is 12.0. The summed E-state index contributed by atoms with van der Waals surface area (Å²) in [5.74, 6) is -0.0444. The van der Waals surface area contributed by atoms with Crippen molar-refractivity contribution in [2.45, 2.75) is 6.54 Å². The summed E-state index contributed by atoms with van der Waals surface area (Å²) in [5.41, 5.74) is 1.88. The van der Waals surface area contributed by atoms with Gasteiger partial charge in [-0.15, -0.1) is 0 Å². The number of aromatic nitrogens is 2. The van der Waals surface area contributed by atoms with Crippen LogP contribution in [0.25, 0.3) is 5.69 Å². The second kappa shape index (κ2) is 6.05. The molecule has 0 bridgehead atoms. The molecule has 0 fully saturated rings. The first-order valence-electron chi connectivity index (χ1n) is 6.79. The number of amides is 1. The fourth-order valence-electron chi connectivity index (χ4n) is 2.13. The van der Waals surface area contributed by atoms with Gasteiger partial charge in [-0.2, -0.15) is 0 Å². The average Bonchev–Trinajstić information content (AvgIpc) is 2.97. The Labute approximate surface area is 123 Å². The molecule has 104 valence electrons. The van der Waals surface area contributed by atoms with Crippen LogP contribution in [0.2, 0.25) is 0 Å². The second-order valence-corrected chi connectivity index (χ2v) is 4.74. The molecular formula is C17H16N3O+. The van der Waals surface area contributed by atoms with Gasteiger partial charge in [-0.05, 0) is 24.3 Å². The van der Waals surface area contributed by atoms with Crippen LogP contribution in [0.5, 0.6) is 0 Å². The van der Waals surface area contributed by atoms with E-state index in [1.54, 1.807) is 0 Å². The molecule has 0 unspecified atom stereocenters. The van der Waals surface area contributed by atoms with E-state index in [0.29, 0.717) is 0 Å². The van der Waals surface area contributed by atoms with Gasteiger partial charge in [-0.3, -0.25) is 4.79 Å².